The zero-order chi connectivity index (χ0) is 20.7. The Labute approximate surface area is 160 Å². The lowest BCUT2D eigenvalue weighted by Gasteiger charge is -2.28. The van der Waals surface area contributed by atoms with Gasteiger partial charge in [-0.15, -0.1) is 0 Å². The maximum atomic E-state index is 12.4. The highest BCUT2D eigenvalue weighted by molar-refractivity contribution is 5.88. The number of imide groups is 1. The molecule has 0 saturated heterocycles. The Hall–Kier alpha value is -2.58. The Balaban J connectivity index is 2.59. The number of hydrogen-bond donors (Lipinski definition) is 2. The summed E-state index contributed by atoms with van der Waals surface area (Å²) < 4.78 is 10.6. The molecule has 1 aromatic heterocycles. The van der Waals surface area contributed by atoms with Crippen molar-refractivity contribution in [2.45, 2.75) is 65.6 Å². The topological polar surface area (TPSA) is 120 Å². The van der Waals surface area contributed by atoms with Crippen LogP contribution in [0.5, 0.6) is 0 Å². The van der Waals surface area contributed by atoms with Crippen LogP contribution in [0.1, 0.15) is 54.4 Å². The zero-order valence-electron chi connectivity index (χ0n) is 17.0. The highest BCUT2D eigenvalue weighted by Crippen LogP contribution is 2.16. The molecule has 0 atom stereocenters. The van der Waals surface area contributed by atoms with Gasteiger partial charge in [0.25, 0.3) is 0 Å². The minimum absolute atomic E-state index is 0.187. The minimum Gasteiger partial charge on any atom is -0.443 e. The standard InChI is InChI=1S/C18H31N5O4/c1-17(2,3)26-15(24)23(16(25)27-18(4,5)6)10-8-7-9-21-13-11-20-12-22-14(13)19/h11-12,21H,7-10H2,1-6H3,(H2,19,20,22). The summed E-state index contributed by atoms with van der Waals surface area (Å²) in [4.78, 5) is 33.5. The van der Waals surface area contributed by atoms with Crippen molar-refractivity contribution >= 4 is 23.7 Å². The Morgan fingerprint density at radius 1 is 1.07 bits per heavy atom. The first-order valence-corrected chi connectivity index (χ1v) is 8.92. The second kappa shape index (κ2) is 9.38. The van der Waals surface area contributed by atoms with Crippen molar-refractivity contribution in [3.8, 4) is 0 Å². The maximum Gasteiger partial charge on any atom is 0.419 e. The number of carbonyl (C=O) groups excluding carboxylic acids is 2. The van der Waals surface area contributed by atoms with Gasteiger partial charge in [-0.1, -0.05) is 0 Å². The van der Waals surface area contributed by atoms with Crippen molar-refractivity contribution in [3.05, 3.63) is 12.5 Å². The van der Waals surface area contributed by atoms with Crippen molar-refractivity contribution in [2.24, 2.45) is 0 Å². The number of nitrogens with two attached hydrogens (primary N) is 1. The molecular weight excluding hydrogens is 350 g/mol. The number of nitrogen functional groups attached to an aromatic ring is 1. The van der Waals surface area contributed by atoms with Gasteiger partial charge in [-0.2, -0.15) is 0 Å². The van der Waals surface area contributed by atoms with Crippen LogP contribution >= 0.6 is 0 Å². The van der Waals surface area contributed by atoms with Gasteiger partial charge >= 0.3 is 12.2 Å². The average molecular weight is 381 g/mol. The number of ether oxygens (including phenoxy) is 2. The van der Waals surface area contributed by atoms with Crippen LogP contribution in [-0.4, -0.2) is 51.3 Å². The van der Waals surface area contributed by atoms with Crippen LogP contribution in [-0.2, 0) is 9.47 Å². The van der Waals surface area contributed by atoms with E-state index in [1.54, 1.807) is 47.7 Å². The van der Waals surface area contributed by atoms with E-state index in [9.17, 15) is 9.59 Å². The van der Waals surface area contributed by atoms with Crippen LogP contribution in [0.4, 0.5) is 21.1 Å². The molecule has 0 aromatic carbocycles. The van der Waals surface area contributed by atoms with Gasteiger partial charge < -0.3 is 20.5 Å². The van der Waals surface area contributed by atoms with Crippen LogP contribution in [0.15, 0.2) is 12.5 Å². The summed E-state index contributed by atoms with van der Waals surface area (Å²) in [5, 5.41) is 3.12. The summed E-state index contributed by atoms with van der Waals surface area (Å²) in [6.07, 6.45) is 2.79. The molecule has 0 bridgehead atoms. The van der Waals surface area contributed by atoms with Crippen molar-refractivity contribution in [2.75, 3.05) is 24.1 Å². The molecule has 152 valence electrons. The highest BCUT2D eigenvalue weighted by atomic mass is 16.6. The van der Waals surface area contributed by atoms with Crippen LogP contribution in [0.2, 0.25) is 0 Å². The molecule has 1 rings (SSSR count). The van der Waals surface area contributed by atoms with Gasteiger partial charge in [-0.3, -0.25) is 0 Å². The molecule has 0 saturated carbocycles. The van der Waals surface area contributed by atoms with Crippen molar-refractivity contribution < 1.29 is 19.1 Å². The van der Waals surface area contributed by atoms with Gasteiger partial charge in [-0.25, -0.2) is 24.5 Å². The summed E-state index contributed by atoms with van der Waals surface area (Å²) in [7, 11) is 0. The normalized spacial score (nSPS) is 11.6. The van der Waals surface area contributed by atoms with E-state index < -0.39 is 23.4 Å². The lowest BCUT2D eigenvalue weighted by atomic mass is 10.2. The van der Waals surface area contributed by atoms with E-state index in [-0.39, 0.29) is 6.54 Å². The number of amides is 2. The Bertz CT molecular complexity index is 609. The summed E-state index contributed by atoms with van der Waals surface area (Å²) >= 11 is 0. The number of unbranched alkanes of at least 4 members (excludes halogenated alkanes) is 1. The molecule has 1 heterocycles. The third-order valence-corrected chi connectivity index (χ3v) is 3.09. The van der Waals surface area contributed by atoms with Crippen molar-refractivity contribution in [1.29, 1.82) is 0 Å². The van der Waals surface area contributed by atoms with Crippen molar-refractivity contribution in [1.82, 2.24) is 14.9 Å². The summed E-state index contributed by atoms with van der Waals surface area (Å²) in [5.41, 5.74) is 4.97. The van der Waals surface area contributed by atoms with E-state index in [1.165, 1.54) is 6.33 Å². The number of rotatable bonds is 6. The molecule has 0 aliphatic carbocycles. The average Bonchev–Trinajstić information content (AvgIpc) is 2.48. The first-order valence-electron chi connectivity index (χ1n) is 8.92. The maximum absolute atomic E-state index is 12.4. The molecule has 0 spiro atoms. The largest absolute Gasteiger partial charge is 0.443 e. The Morgan fingerprint density at radius 3 is 2.11 bits per heavy atom. The van der Waals surface area contributed by atoms with Crippen LogP contribution < -0.4 is 11.1 Å². The van der Waals surface area contributed by atoms with Crippen LogP contribution in [0.3, 0.4) is 0 Å². The molecule has 3 N–H and O–H groups in total. The van der Waals surface area contributed by atoms with E-state index in [4.69, 9.17) is 15.2 Å². The van der Waals surface area contributed by atoms with E-state index >= 15 is 0 Å². The van der Waals surface area contributed by atoms with Gasteiger partial charge in [0.05, 0.1) is 11.9 Å². The number of carbonyl (C=O) groups is 2. The summed E-state index contributed by atoms with van der Waals surface area (Å²) in [6, 6.07) is 0. The first-order chi connectivity index (χ1) is 12.4. The third-order valence-electron chi connectivity index (χ3n) is 3.09. The number of hydrogen-bond acceptors (Lipinski definition) is 8. The predicted octanol–water partition coefficient (Wildman–Crippen LogP) is 3.42. The van der Waals surface area contributed by atoms with E-state index in [0.717, 1.165) is 4.90 Å². The molecule has 9 nitrogen and oxygen atoms in total. The van der Waals surface area contributed by atoms with Gasteiger partial charge in [0.1, 0.15) is 23.3 Å². The molecule has 1 aromatic rings. The SMILES string of the molecule is CC(C)(C)OC(=O)N(CCCCNc1cncnc1N)C(=O)OC(C)(C)C. The second-order valence-corrected chi connectivity index (χ2v) is 8.07. The highest BCUT2D eigenvalue weighted by Gasteiger charge is 2.30. The molecule has 27 heavy (non-hydrogen) atoms. The molecular formula is C18H31N5O4. The Kier molecular flexibility index (Phi) is 7.81. The van der Waals surface area contributed by atoms with E-state index in [2.05, 4.69) is 15.3 Å². The van der Waals surface area contributed by atoms with Crippen LogP contribution in [0, 0.1) is 0 Å². The lowest BCUT2D eigenvalue weighted by molar-refractivity contribution is 0.00125. The lowest BCUT2D eigenvalue weighted by Crippen LogP contribution is -2.44. The number of aromatic nitrogens is 2. The fraction of sp³-hybridized carbons (Fsp3) is 0.667. The fourth-order valence-electron chi connectivity index (χ4n) is 1.98. The molecule has 0 unspecified atom stereocenters. The van der Waals surface area contributed by atoms with E-state index in [0.29, 0.717) is 30.9 Å². The van der Waals surface area contributed by atoms with Crippen molar-refractivity contribution in [3.63, 3.8) is 0 Å². The Morgan fingerprint density at radius 2 is 1.63 bits per heavy atom. The molecule has 0 aliphatic rings. The number of nitrogens with zero attached hydrogens (tertiary/aromatic N) is 3. The zero-order valence-corrected chi connectivity index (χ0v) is 17.0. The second-order valence-electron chi connectivity index (χ2n) is 8.07. The predicted molar refractivity (Wildman–Crippen MR) is 103 cm³/mol. The van der Waals surface area contributed by atoms with Gasteiger partial charge in [0, 0.05) is 13.1 Å². The summed E-state index contributed by atoms with van der Waals surface area (Å²) in [6.45, 7) is 11.2. The minimum atomic E-state index is -0.717. The molecule has 0 radical (unpaired) electrons. The van der Waals surface area contributed by atoms with Gasteiger partial charge in [0.2, 0.25) is 0 Å². The number of nitrogens with one attached hydrogen (secondary N) is 1. The summed E-state index contributed by atoms with van der Waals surface area (Å²) in [5.74, 6) is 0.370. The third kappa shape index (κ3) is 9.07. The molecule has 0 fully saturated rings. The number of anilines is 2. The molecule has 2 amide bonds. The molecule has 0 aliphatic heterocycles. The smallest absolute Gasteiger partial charge is 0.419 e. The monoisotopic (exact) mass is 381 g/mol. The van der Waals surface area contributed by atoms with Gasteiger partial charge in [0.15, 0.2) is 0 Å². The molecule has 9 heteroatoms. The quantitative estimate of drug-likeness (QED) is 0.719. The first kappa shape index (κ1) is 22.5. The van der Waals surface area contributed by atoms with Crippen LogP contribution in [0.25, 0.3) is 0 Å². The van der Waals surface area contributed by atoms with Gasteiger partial charge in [-0.05, 0) is 54.4 Å². The van der Waals surface area contributed by atoms with E-state index in [1.807, 2.05) is 0 Å². The fourth-order valence-corrected chi connectivity index (χ4v) is 1.98.